The van der Waals surface area contributed by atoms with Crippen molar-refractivity contribution in [3.05, 3.63) is 40.9 Å². The topological polar surface area (TPSA) is 80.9 Å². The van der Waals surface area contributed by atoms with Crippen molar-refractivity contribution in [3.8, 4) is 0 Å². The van der Waals surface area contributed by atoms with Gasteiger partial charge in [-0.25, -0.2) is 0 Å². The molecule has 0 bridgehead atoms. The standard InChI is InChI=1S/C15H20N4OS/c1-15(2,10-11-6-4-3-5-7-11)13-18-19-14(21-13)17-12(20)8-9-16/h3-7H,8-10,16H2,1-2H3,(H,17,19,20). The molecule has 112 valence electrons. The molecule has 0 atom stereocenters. The van der Waals surface area contributed by atoms with Gasteiger partial charge in [0.1, 0.15) is 5.01 Å². The first-order valence-corrected chi connectivity index (χ1v) is 7.71. The fourth-order valence-electron chi connectivity index (χ4n) is 2.04. The molecule has 0 spiro atoms. The first-order valence-electron chi connectivity index (χ1n) is 6.89. The van der Waals surface area contributed by atoms with Gasteiger partial charge in [-0.3, -0.25) is 4.79 Å². The summed E-state index contributed by atoms with van der Waals surface area (Å²) in [4.78, 5) is 11.5. The van der Waals surface area contributed by atoms with Gasteiger partial charge in [-0.2, -0.15) is 0 Å². The van der Waals surface area contributed by atoms with E-state index in [2.05, 4.69) is 41.5 Å². The van der Waals surface area contributed by atoms with Crippen molar-refractivity contribution < 1.29 is 4.79 Å². The zero-order valence-corrected chi connectivity index (χ0v) is 13.1. The van der Waals surface area contributed by atoms with Crippen LogP contribution in [0.25, 0.3) is 0 Å². The van der Waals surface area contributed by atoms with Gasteiger partial charge in [0.15, 0.2) is 0 Å². The van der Waals surface area contributed by atoms with Gasteiger partial charge in [-0.15, -0.1) is 10.2 Å². The lowest BCUT2D eigenvalue weighted by Crippen LogP contribution is -2.20. The summed E-state index contributed by atoms with van der Waals surface area (Å²) < 4.78 is 0. The second-order valence-electron chi connectivity index (χ2n) is 5.55. The fourth-order valence-corrected chi connectivity index (χ4v) is 2.90. The largest absolute Gasteiger partial charge is 0.330 e. The third-order valence-electron chi connectivity index (χ3n) is 3.11. The third-order valence-corrected chi connectivity index (χ3v) is 4.32. The summed E-state index contributed by atoms with van der Waals surface area (Å²) in [6.45, 7) is 4.59. The monoisotopic (exact) mass is 304 g/mol. The number of hydrogen-bond donors (Lipinski definition) is 2. The predicted octanol–water partition coefficient (Wildman–Crippen LogP) is 2.35. The highest BCUT2D eigenvalue weighted by molar-refractivity contribution is 7.15. The maximum Gasteiger partial charge on any atom is 0.227 e. The number of nitrogens with one attached hydrogen (secondary N) is 1. The van der Waals surface area contributed by atoms with Crippen LogP contribution < -0.4 is 11.1 Å². The van der Waals surface area contributed by atoms with Crippen LogP contribution >= 0.6 is 11.3 Å². The normalized spacial score (nSPS) is 11.4. The molecular weight excluding hydrogens is 284 g/mol. The van der Waals surface area contributed by atoms with Crippen molar-refractivity contribution >= 4 is 22.4 Å². The molecule has 3 N–H and O–H groups in total. The highest BCUT2D eigenvalue weighted by Crippen LogP contribution is 2.31. The molecule has 0 saturated heterocycles. The van der Waals surface area contributed by atoms with Crippen molar-refractivity contribution in [2.75, 3.05) is 11.9 Å². The van der Waals surface area contributed by atoms with Crippen LogP contribution in [0.5, 0.6) is 0 Å². The summed E-state index contributed by atoms with van der Waals surface area (Å²) in [5, 5.41) is 12.4. The highest BCUT2D eigenvalue weighted by Gasteiger charge is 2.26. The van der Waals surface area contributed by atoms with Gasteiger partial charge in [0, 0.05) is 18.4 Å². The molecule has 0 aliphatic rings. The minimum atomic E-state index is -0.129. The molecule has 1 amide bonds. The molecule has 2 aromatic rings. The SMILES string of the molecule is CC(C)(Cc1ccccc1)c1nnc(NC(=O)CCN)s1. The van der Waals surface area contributed by atoms with Crippen LogP contribution in [0.4, 0.5) is 5.13 Å². The van der Waals surface area contributed by atoms with Gasteiger partial charge in [0.25, 0.3) is 0 Å². The number of benzene rings is 1. The molecule has 0 aliphatic heterocycles. The Bertz CT molecular complexity index is 595. The number of anilines is 1. The molecule has 1 aromatic carbocycles. The number of rotatable bonds is 6. The molecule has 2 rings (SSSR count). The van der Waals surface area contributed by atoms with E-state index in [4.69, 9.17) is 5.73 Å². The lowest BCUT2D eigenvalue weighted by atomic mass is 9.86. The number of nitrogens with two attached hydrogens (primary N) is 1. The van der Waals surface area contributed by atoms with Gasteiger partial charge in [0.05, 0.1) is 0 Å². The molecule has 6 heteroatoms. The maximum atomic E-state index is 11.5. The van der Waals surface area contributed by atoms with Crippen LogP contribution in [-0.4, -0.2) is 22.6 Å². The molecule has 0 fully saturated rings. The van der Waals surface area contributed by atoms with Gasteiger partial charge in [-0.1, -0.05) is 55.5 Å². The highest BCUT2D eigenvalue weighted by atomic mass is 32.1. The van der Waals surface area contributed by atoms with E-state index in [1.807, 2.05) is 18.2 Å². The van der Waals surface area contributed by atoms with E-state index in [1.165, 1.54) is 16.9 Å². The Balaban J connectivity index is 2.07. The Morgan fingerprint density at radius 3 is 2.67 bits per heavy atom. The predicted molar refractivity (Wildman–Crippen MR) is 85.4 cm³/mol. The summed E-state index contributed by atoms with van der Waals surface area (Å²) in [7, 11) is 0. The summed E-state index contributed by atoms with van der Waals surface area (Å²) >= 11 is 1.42. The van der Waals surface area contributed by atoms with Crippen LogP contribution in [0, 0.1) is 0 Å². The maximum absolute atomic E-state index is 11.5. The quantitative estimate of drug-likeness (QED) is 0.858. The number of amides is 1. The summed E-state index contributed by atoms with van der Waals surface area (Å²) in [5.74, 6) is -0.124. The molecule has 0 aliphatic carbocycles. The van der Waals surface area contributed by atoms with E-state index in [9.17, 15) is 4.79 Å². The van der Waals surface area contributed by atoms with Crippen LogP contribution in [0.15, 0.2) is 30.3 Å². The Labute approximate surface area is 128 Å². The zero-order chi connectivity index (χ0) is 15.3. The van der Waals surface area contributed by atoms with Gasteiger partial charge >= 0.3 is 0 Å². The molecule has 0 saturated carbocycles. The van der Waals surface area contributed by atoms with Crippen molar-refractivity contribution in [1.29, 1.82) is 0 Å². The molecule has 1 heterocycles. The lowest BCUT2D eigenvalue weighted by Gasteiger charge is -2.21. The number of hydrogen-bond acceptors (Lipinski definition) is 5. The zero-order valence-electron chi connectivity index (χ0n) is 12.3. The average Bonchev–Trinajstić information content (AvgIpc) is 2.89. The van der Waals surface area contributed by atoms with E-state index in [0.29, 0.717) is 18.1 Å². The first kappa shape index (κ1) is 15.6. The van der Waals surface area contributed by atoms with Gasteiger partial charge in [-0.05, 0) is 12.0 Å². The Morgan fingerprint density at radius 2 is 2.00 bits per heavy atom. The smallest absolute Gasteiger partial charge is 0.227 e. The summed E-state index contributed by atoms with van der Waals surface area (Å²) in [6, 6.07) is 10.3. The third kappa shape index (κ3) is 4.34. The number of carbonyl (C=O) groups excluding carboxylic acids is 1. The van der Waals surface area contributed by atoms with Crippen molar-refractivity contribution in [3.63, 3.8) is 0 Å². The number of aromatic nitrogens is 2. The van der Waals surface area contributed by atoms with Crippen molar-refractivity contribution in [2.45, 2.75) is 32.1 Å². The van der Waals surface area contributed by atoms with Crippen LogP contribution in [0.3, 0.4) is 0 Å². The second-order valence-corrected chi connectivity index (χ2v) is 6.52. The average molecular weight is 304 g/mol. The molecule has 21 heavy (non-hydrogen) atoms. The van der Waals surface area contributed by atoms with E-state index >= 15 is 0 Å². The minimum absolute atomic E-state index is 0.124. The van der Waals surface area contributed by atoms with Crippen LogP contribution in [0.1, 0.15) is 30.8 Å². The molecule has 1 aromatic heterocycles. The number of carbonyl (C=O) groups is 1. The first-order chi connectivity index (χ1) is 10.0. The Kier molecular flexibility index (Phi) is 5.03. The van der Waals surface area contributed by atoms with E-state index < -0.39 is 0 Å². The van der Waals surface area contributed by atoms with Crippen molar-refractivity contribution in [1.82, 2.24) is 10.2 Å². The molecule has 5 nitrogen and oxygen atoms in total. The minimum Gasteiger partial charge on any atom is -0.330 e. The fraction of sp³-hybridized carbons (Fsp3) is 0.400. The van der Waals surface area contributed by atoms with Gasteiger partial charge < -0.3 is 11.1 Å². The van der Waals surface area contributed by atoms with E-state index in [1.54, 1.807) is 0 Å². The summed E-state index contributed by atoms with van der Waals surface area (Å²) in [6.07, 6.45) is 1.17. The second kappa shape index (κ2) is 6.78. The van der Waals surface area contributed by atoms with Gasteiger partial charge in [0.2, 0.25) is 11.0 Å². The van der Waals surface area contributed by atoms with E-state index in [-0.39, 0.29) is 11.3 Å². The molecule has 0 unspecified atom stereocenters. The number of nitrogens with zero attached hydrogens (tertiary/aromatic N) is 2. The lowest BCUT2D eigenvalue weighted by molar-refractivity contribution is -0.116. The Morgan fingerprint density at radius 1 is 1.29 bits per heavy atom. The Hall–Kier alpha value is -1.79. The summed E-state index contributed by atoms with van der Waals surface area (Å²) in [5.41, 5.74) is 6.48. The van der Waals surface area contributed by atoms with Crippen LogP contribution in [-0.2, 0) is 16.6 Å². The van der Waals surface area contributed by atoms with E-state index in [0.717, 1.165) is 11.4 Å². The molecule has 0 radical (unpaired) electrons. The van der Waals surface area contributed by atoms with Crippen molar-refractivity contribution in [2.24, 2.45) is 5.73 Å². The van der Waals surface area contributed by atoms with Crippen LogP contribution in [0.2, 0.25) is 0 Å². The molecular formula is C15H20N4OS.